The van der Waals surface area contributed by atoms with Gasteiger partial charge in [-0.05, 0) is 28.4 Å². The van der Waals surface area contributed by atoms with E-state index in [4.69, 9.17) is 9.47 Å². The Kier molecular flexibility index (Phi) is 4.97. The molecular weight excluding hydrogens is 362 g/mol. The summed E-state index contributed by atoms with van der Waals surface area (Å²) in [6.07, 6.45) is 0. The number of esters is 1. The first kappa shape index (κ1) is 16.0. The summed E-state index contributed by atoms with van der Waals surface area (Å²) in [4.78, 5) is 12.0. The highest BCUT2D eigenvalue weighted by atomic mass is 79.9. The summed E-state index contributed by atoms with van der Waals surface area (Å²) in [6, 6.07) is 10.1. The van der Waals surface area contributed by atoms with Gasteiger partial charge in [0, 0.05) is 6.54 Å². The minimum Gasteiger partial charge on any atom is -0.462 e. The second kappa shape index (κ2) is 7.14. The van der Waals surface area contributed by atoms with Gasteiger partial charge in [-0.15, -0.1) is 0 Å². The molecule has 0 aliphatic carbocycles. The molecule has 2 heterocycles. The molecule has 1 N–H and O–H groups in total. The SMILES string of the molecule is CCOC(=O)c1c(Br)nn2c1NCC2COCc1ccccc1. The van der Waals surface area contributed by atoms with Crippen molar-refractivity contribution in [2.45, 2.75) is 19.6 Å². The van der Waals surface area contributed by atoms with E-state index in [1.165, 1.54) is 0 Å². The molecule has 0 fully saturated rings. The van der Waals surface area contributed by atoms with E-state index < -0.39 is 0 Å². The van der Waals surface area contributed by atoms with Crippen molar-refractivity contribution < 1.29 is 14.3 Å². The Labute approximate surface area is 142 Å². The topological polar surface area (TPSA) is 65.4 Å². The minimum absolute atomic E-state index is 0.0492. The van der Waals surface area contributed by atoms with E-state index in [0.29, 0.717) is 42.3 Å². The third kappa shape index (κ3) is 3.40. The van der Waals surface area contributed by atoms with Crippen molar-refractivity contribution in [2.75, 3.05) is 25.1 Å². The summed E-state index contributed by atoms with van der Waals surface area (Å²) >= 11 is 3.33. The second-order valence-corrected chi connectivity index (χ2v) is 5.97. The van der Waals surface area contributed by atoms with Gasteiger partial charge >= 0.3 is 5.97 Å². The van der Waals surface area contributed by atoms with Crippen LogP contribution in [0.1, 0.15) is 28.9 Å². The zero-order valence-electron chi connectivity index (χ0n) is 12.8. The number of benzene rings is 1. The summed E-state index contributed by atoms with van der Waals surface area (Å²) in [5, 5.41) is 7.61. The van der Waals surface area contributed by atoms with Crippen LogP contribution in [0.3, 0.4) is 0 Å². The number of hydrogen-bond acceptors (Lipinski definition) is 5. The molecule has 0 radical (unpaired) electrons. The van der Waals surface area contributed by atoms with Crippen LogP contribution in [-0.2, 0) is 16.1 Å². The molecule has 0 amide bonds. The number of hydrogen-bond donors (Lipinski definition) is 1. The Balaban J connectivity index is 1.65. The van der Waals surface area contributed by atoms with Gasteiger partial charge in [0.1, 0.15) is 16.0 Å². The van der Waals surface area contributed by atoms with Crippen LogP contribution in [-0.4, -0.2) is 35.5 Å². The minimum atomic E-state index is -0.376. The van der Waals surface area contributed by atoms with Gasteiger partial charge < -0.3 is 14.8 Å². The summed E-state index contributed by atoms with van der Waals surface area (Å²) in [7, 11) is 0. The van der Waals surface area contributed by atoms with Crippen LogP contribution in [0.2, 0.25) is 0 Å². The van der Waals surface area contributed by atoms with Gasteiger partial charge in [-0.1, -0.05) is 30.3 Å². The van der Waals surface area contributed by atoms with Crippen molar-refractivity contribution in [3.63, 3.8) is 0 Å². The standard InChI is InChI=1S/C16H18BrN3O3/c1-2-23-16(21)13-14(17)19-20-12(8-18-15(13)20)10-22-9-11-6-4-3-5-7-11/h3-7,12,18H,2,8-10H2,1H3. The van der Waals surface area contributed by atoms with Crippen molar-refractivity contribution in [3.8, 4) is 0 Å². The lowest BCUT2D eigenvalue weighted by molar-refractivity contribution is 0.0526. The van der Waals surface area contributed by atoms with E-state index in [0.717, 1.165) is 5.56 Å². The van der Waals surface area contributed by atoms with Crippen LogP contribution in [0, 0.1) is 0 Å². The number of anilines is 1. The number of nitrogens with one attached hydrogen (secondary N) is 1. The average Bonchev–Trinajstić information content (AvgIpc) is 3.07. The number of rotatable bonds is 6. The lowest BCUT2D eigenvalue weighted by Crippen LogP contribution is -2.16. The maximum atomic E-state index is 12.0. The van der Waals surface area contributed by atoms with Crippen LogP contribution >= 0.6 is 15.9 Å². The van der Waals surface area contributed by atoms with Gasteiger partial charge in [0.2, 0.25) is 0 Å². The van der Waals surface area contributed by atoms with E-state index in [1.807, 2.05) is 30.3 Å². The summed E-state index contributed by atoms with van der Waals surface area (Å²) in [5.41, 5.74) is 1.57. The van der Waals surface area contributed by atoms with Crippen LogP contribution < -0.4 is 5.32 Å². The summed E-state index contributed by atoms with van der Waals surface area (Å²) < 4.78 is 13.1. The average molecular weight is 380 g/mol. The highest BCUT2D eigenvalue weighted by molar-refractivity contribution is 9.10. The largest absolute Gasteiger partial charge is 0.462 e. The number of fused-ring (bicyclic) bond motifs is 1. The fourth-order valence-corrected chi connectivity index (χ4v) is 3.06. The maximum absolute atomic E-state index is 12.0. The Morgan fingerprint density at radius 1 is 1.43 bits per heavy atom. The normalized spacial score (nSPS) is 16.0. The number of halogens is 1. The number of ether oxygens (including phenoxy) is 2. The smallest absolute Gasteiger partial charge is 0.344 e. The van der Waals surface area contributed by atoms with Gasteiger partial charge in [-0.25, -0.2) is 9.48 Å². The predicted molar refractivity (Wildman–Crippen MR) is 89.5 cm³/mol. The van der Waals surface area contributed by atoms with E-state index in [1.54, 1.807) is 11.6 Å². The molecule has 0 saturated carbocycles. The fourth-order valence-electron chi connectivity index (χ4n) is 2.54. The first-order valence-electron chi connectivity index (χ1n) is 7.51. The molecule has 3 rings (SSSR count). The Bertz CT molecular complexity index is 687. The maximum Gasteiger partial charge on any atom is 0.344 e. The van der Waals surface area contributed by atoms with E-state index in [9.17, 15) is 4.79 Å². The summed E-state index contributed by atoms with van der Waals surface area (Å²) in [5.74, 6) is 0.308. The van der Waals surface area contributed by atoms with Gasteiger partial charge in [-0.3, -0.25) is 0 Å². The van der Waals surface area contributed by atoms with Gasteiger partial charge in [-0.2, -0.15) is 5.10 Å². The van der Waals surface area contributed by atoms with E-state index >= 15 is 0 Å². The summed E-state index contributed by atoms with van der Waals surface area (Å²) in [6.45, 7) is 3.87. The molecular formula is C16H18BrN3O3. The molecule has 1 aromatic carbocycles. The molecule has 1 aromatic heterocycles. The molecule has 0 spiro atoms. The van der Waals surface area contributed by atoms with Crippen LogP contribution in [0.5, 0.6) is 0 Å². The molecule has 23 heavy (non-hydrogen) atoms. The van der Waals surface area contributed by atoms with Crippen LogP contribution in [0.15, 0.2) is 34.9 Å². The molecule has 6 nitrogen and oxygen atoms in total. The van der Waals surface area contributed by atoms with E-state index in [-0.39, 0.29) is 12.0 Å². The fraction of sp³-hybridized carbons (Fsp3) is 0.375. The Morgan fingerprint density at radius 2 is 2.22 bits per heavy atom. The predicted octanol–water partition coefficient (Wildman–Crippen LogP) is 3.01. The van der Waals surface area contributed by atoms with Crippen molar-refractivity contribution in [3.05, 3.63) is 46.1 Å². The quantitative estimate of drug-likeness (QED) is 0.781. The third-order valence-electron chi connectivity index (χ3n) is 3.62. The lowest BCUT2D eigenvalue weighted by atomic mass is 10.2. The molecule has 1 aliphatic rings. The first-order chi connectivity index (χ1) is 11.2. The Morgan fingerprint density at radius 3 is 2.96 bits per heavy atom. The monoisotopic (exact) mass is 379 g/mol. The molecule has 1 unspecified atom stereocenters. The van der Waals surface area contributed by atoms with Crippen LogP contribution in [0.4, 0.5) is 5.82 Å². The lowest BCUT2D eigenvalue weighted by Gasteiger charge is -2.11. The van der Waals surface area contributed by atoms with Gasteiger partial charge in [0.05, 0.1) is 25.9 Å². The zero-order chi connectivity index (χ0) is 16.2. The molecule has 1 atom stereocenters. The zero-order valence-corrected chi connectivity index (χ0v) is 14.4. The molecule has 0 bridgehead atoms. The Hall–Kier alpha value is -1.86. The first-order valence-corrected chi connectivity index (χ1v) is 8.30. The molecule has 1 aliphatic heterocycles. The molecule has 0 saturated heterocycles. The molecule has 122 valence electrons. The van der Waals surface area contributed by atoms with Gasteiger partial charge in [0.25, 0.3) is 0 Å². The van der Waals surface area contributed by atoms with Crippen molar-refractivity contribution in [1.82, 2.24) is 9.78 Å². The number of carbonyl (C=O) groups is 1. The molecule has 7 heteroatoms. The number of aromatic nitrogens is 2. The number of carbonyl (C=O) groups excluding carboxylic acids is 1. The number of nitrogens with zero attached hydrogens (tertiary/aromatic N) is 2. The third-order valence-corrected chi connectivity index (χ3v) is 4.18. The molecule has 2 aromatic rings. The van der Waals surface area contributed by atoms with Crippen molar-refractivity contribution >= 4 is 27.7 Å². The van der Waals surface area contributed by atoms with Crippen molar-refractivity contribution in [1.29, 1.82) is 0 Å². The van der Waals surface area contributed by atoms with Crippen molar-refractivity contribution in [2.24, 2.45) is 0 Å². The van der Waals surface area contributed by atoms with E-state index in [2.05, 4.69) is 26.3 Å². The highest BCUT2D eigenvalue weighted by Crippen LogP contribution is 2.32. The van der Waals surface area contributed by atoms with Gasteiger partial charge in [0.15, 0.2) is 0 Å². The van der Waals surface area contributed by atoms with Crippen LogP contribution in [0.25, 0.3) is 0 Å². The second-order valence-electron chi connectivity index (χ2n) is 5.21. The highest BCUT2D eigenvalue weighted by Gasteiger charge is 2.31.